The van der Waals surface area contributed by atoms with Crippen molar-refractivity contribution in [2.24, 2.45) is 0 Å². The van der Waals surface area contributed by atoms with Crippen molar-refractivity contribution >= 4 is 25.0 Å². The van der Waals surface area contributed by atoms with Gasteiger partial charge in [-0.2, -0.15) is 0 Å². The monoisotopic (exact) mass is 630 g/mol. The van der Waals surface area contributed by atoms with Crippen molar-refractivity contribution < 1.29 is 20.3 Å². The van der Waals surface area contributed by atoms with Crippen LogP contribution >= 0.6 is 0 Å². The van der Waals surface area contributed by atoms with E-state index in [0.29, 0.717) is 7.25 Å². The van der Waals surface area contributed by atoms with Crippen molar-refractivity contribution in [2.45, 2.75) is 20.3 Å². The molecule has 2 unspecified atom stereocenters. The van der Waals surface area contributed by atoms with E-state index in [9.17, 15) is 0 Å². The molecule has 3 aliphatic rings. The predicted octanol–water partition coefficient (Wildman–Crippen LogP) is 7.47. The van der Waals surface area contributed by atoms with Gasteiger partial charge in [-0.05, 0) is 0 Å². The summed E-state index contributed by atoms with van der Waals surface area (Å²) in [6.07, 6.45) is 0. The van der Waals surface area contributed by atoms with Crippen LogP contribution in [-0.2, 0) is 20.3 Å². The van der Waals surface area contributed by atoms with Crippen LogP contribution in [0.15, 0.2) is 146 Å². The Bertz CT molecular complexity index is 1880. The van der Waals surface area contributed by atoms with Crippen LogP contribution in [0, 0.1) is 0 Å². The first-order valence-electron chi connectivity index (χ1n) is 15.2. The first-order chi connectivity index (χ1) is 20.6. The third-order valence-electron chi connectivity index (χ3n) is 10.7. The Labute approximate surface area is 254 Å². The third kappa shape index (κ3) is 3.05. The van der Waals surface area contributed by atoms with Crippen molar-refractivity contribution in [3.63, 3.8) is 0 Å². The van der Waals surface area contributed by atoms with Gasteiger partial charge in [0.2, 0.25) is 0 Å². The Morgan fingerprint density at radius 3 is 1.24 bits per heavy atom. The van der Waals surface area contributed by atoms with Gasteiger partial charge in [0.1, 0.15) is 0 Å². The van der Waals surface area contributed by atoms with Crippen LogP contribution in [0.5, 0.6) is 0 Å². The molecule has 42 heavy (non-hydrogen) atoms. The van der Waals surface area contributed by atoms with Crippen LogP contribution in [0.1, 0.15) is 29.5 Å². The van der Waals surface area contributed by atoms with Crippen molar-refractivity contribution in [1.82, 2.24) is 0 Å². The van der Waals surface area contributed by atoms with Gasteiger partial charge in [0.05, 0.1) is 0 Å². The number of rotatable bonds is 2. The molecule has 0 nitrogen and oxygen atoms in total. The Balaban J connectivity index is 1.58. The molecule has 0 amide bonds. The molecule has 0 saturated heterocycles. The van der Waals surface area contributed by atoms with Crippen molar-refractivity contribution in [1.29, 1.82) is 0 Å². The summed E-state index contributed by atoms with van der Waals surface area (Å²) in [5.74, 6) is 0. The molecule has 2 aliphatic carbocycles. The Kier molecular flexibility index (Phi) is 5.33. The van der Waals surface area contributed by atoms with Gasteiger partial charge in [0.25, 0.3) is 0 Å². The molecule has 200 valence electrons. The quantitative estimate of drug-likeness (QED) is 0.174. The zero-order valence-electron chi connectivity index (χ0n) is 24.0. The molecule has 2 heteroatoms. The molecular weight excluding hydrogens is 600 g/mol. The summed E-state index contributed by atoms with van der Waals surface area (Å²) in [6.45, 7) is 5.23. The summed E-state index contributed by atoms with van der Waals surface area (Å²) in [7, 11) is -2.09. The van der Waals surface area contributed by atoms with Gasteiger partial charge in [0.15, 0.2) is 0 Å². The van der Waals surface area contributed by atoms with E-state index in [1.807, 2.05) is 0 Å². The number of hydrogen-bond acceptors (Lipinski definition) is 0. The Morgan fingerprint density at radius 1 is 0.405 bits per heavy atom. The molecule has 0 N–H and O–H groups in total. The van der Waals surface area contributed by atoms with Crippen molar-refractivity contribution in [2.75, 3.05) is 0 Å². The molecule has 1 aliphatic heterocycles. The van der Waals surface area contributed by atoms with Gasteiger partial charge in [0, 0.05) is 0 Å². The van der Waals surface area contributed by atoms with Crippen LogP contribution < -0.4 is 16.9 Å². The average Bonchev–Trinajstić information content (AvgIpc) is 3.56. The molecule has 0 saturated carbocycles. The van der Waals surface area contributed by atoms with Gasteiger partial charge in [-0.3, -0.25) is 0 Å². The molecule has 1 heterocycles. The topological polar surface area (TPSA) is 0 Å². The van der Waals surface area contributed by atoms with E-state index in [0.717, 1.165) is 0 Å². The second kappa shape index (κ2) is 8.96. The summed E-state index contributed by atoms with van der Waals surface area (Å²) in [5.41, 5.74) is 12.3. The molecule has 0 fully saturated rings. The summed E-state index contributed by atoms with van der Waals surface area (Å²) >= 11 is -3.93. The van der Waals surface area contributed by atoms with Gasteiger partial charge in [-0.1, -0.05) is 0 Å². The average molecular weight is 632 g/mol. The zero-order valence-corrected chi connectivity index (χ0v) is 27.5. The SMILES string of the molecule is C[Si]1(C)c2cccc3c2[CH](c2ccccc2-3)[Zr]([c]2ccccc2)([c]2ccccc2)[CH]2c3ccccc3-c3cccc1c32. The number of fused-ring (bicyclic) bond motifs is 6. The van der Waals surface area contributed by atoms with Crippen LogP contribution in [0.4, 0.5) is 0 Å². The number of hydrogen-bond donors (Lipinski definition) is 0. The minimum atomic E-state index is -3.93. The van der Waals surface area contributed by atoms with E-state index >= 15 is 0 Å². The van der Waals surface area contributed by atoms with E-state index in [-0.39, 0.29) is 0 Å². The van der Waals surface area contributed by atoms with Gasteiger partial charge >= 0.3 is 256 Å². The predicted molar refractivity (Wildman–Crippen MR) is 176 cm³/mol. The van der Waals surface area contributed by atoms with Crippen LogP contribution in [-0.4, -0.2) is 8.07 Å². The fourth-order valence-corrected chi connectivity index (χ4v) is 29.1. The third-order valence-corrected chi connectivity index (χ3v) is 28.0. The summed E-state index contributed by atoms with van der Waals surface area (Å²) in [5, 5.41) is 3.27. The molecule has 2 atom stereocenters. The molecule has 0 spiro atoms. The molecule has 0 bridgehead atoms. The Morgan fingerprint density at radius 2 is 0.786 bits per heavy atom. The van der Waals surface area contributed by atoms with Gasteiger partial charge < -0.3 is 0 Å². The maximum atomic E-state index is 2.62. The van der Waals surface area contributed by atoms with Gasteiger partial charge in [-0.15, -0.1) is 0 Å². The molecule has 9 rings (SSSR count). The number of benzene rings is 6. The fourth-order valence-electron chi connectivity index (χ4n) is 9.13. The fraction of sp³-hybridized carbons (Fsp3) is 0.100. The normalized spacial score (nSPS) is 19.6. The second-order valence-corrected chi connectivity index (χ2v) is 27.1. The molecule has 6 aromatic carbocycles. The van der Waals surface area contributed by atoms with E-state index in [1.165, 1.54) is 22.3 Å². The van der Waals surface area contributed by atoms with E-state index in [1.54, 1.807) is 39.2 Å². The van der Waals surface area contributed by atoms with Crippen molar-refractivity contribution in [3.8, 4) is 22.3 Å². The first-order valence-corrected chi connectivity index (χ1v) is 23.5. The minimum absolute atomic E-state index is 0.385. The summed E-state index contributed by atoms with van der Waals surface area (Å²) in [6, 6.07) is 57.0. The molecule has 6 aromatic rings. The van der Waals surface area contributed by atoms with E-state index in [2.05, 4.69) is 159 Å². The van der Waals surface area contributed by atoms with E-state index < -0.39 is 28.3 Å². The molecule has 0 aromatic heterocycles. The van der Waals surface area contributed by atoms with Crippen LogP contribution in [0.25, 0.3) is 22.3 Å². The molecule has 0 radical (unpaired) electrons. The van der Waals surface area contributed by atoms with Crippen molar-refractivity contribution in [3.05, 3.63) is 168 Å². The summed E-state index contributed by atoms with van der Waals surface area (Å²) < 4.78 is 3.97. The standard InChI is InChI=1S/C28H22Si.2C6H5.Zr/c1-29(2,27-15-7-13-23-21-11-5-3-9-19(21)17-25(23)27)28-16-8-14-24-22-12-6-4-10-20(22)18-26(24)28;2*1-2-4-6-5-3-1;/h3-18H,1-2H3;2*1-5H;. The zero-order chi connectivity index (χ0) is 28.1. The van der Waals surface area contributed by atoms with Gasteiger partial charge in [-0.25, -0.2) is 0 Å². The maximum absolute atomic E-state index is 3.93. The summed E-state index contributed by atoms with van der Waals surface area (Å²) in [4.78, 5) is 0. The first kappa shape index (κ1) is 25.0. The van der Waals surface area contributed by atoms with Crippen LogP contribution in [0.3, 0.4) is 0 Å². The second-order valence-electron chi connectivity index (χ2n) is 12.8. The Hall–Kier alpha value is -3.58. The molecular formula is C40H32SiZr. The van der Waals surface area contributed by atoms with Crippen LogP contribution in [0.2, 0.25) is 13.1 Å². The van der Waals surface area contributed by atoms with E-state index in [4.69, 9.17) is 0 Å².